The first-order valence-corrected chi connectivity index (χ1v) is 7.48. The number of rotatable bonds is 3. The molecule has 0 atom stereocenters. The van der Waals surface area contributed by atoms with E-state index in [1.807, 2.05) is 6.07 Å². The topological polar surface area (TPSA) is 17.1 Å². The van der Waals surface area contributed by atoms with Crippen LogP contribution in [0.25, 0.3) is 32.3 Å². The van der Waals surface area contributed by atoms with Gasteiger partial charge >= 0.3 is 0 Å². The predicted molar refractivity (Wildman–Crippen MR) is 89.5 cm³/mol. The fraction of sp³-hybridized carbons (Fsp3) is 0.150. The molecule has 0 aromatic heterocycles. The second-order valence-electron chi connectivity index (χ2n) is 5.67. The van der Waals surface area contributed by atoms with Crippen LogP contribution in [0.2, 0.25) is 0 Å². The van der Waals surface area contributed by atoms with Gasteiger partial charge in [0.2, 0.25) is 0 Å². The van der Waals surface area contributed by atoms with Gasteiger partial charge in [-0.15, -0.1) is 0 Å². The minimum atomic E-state index is 0.776. The van der Waals surface area contributed by atoms with E-state index in [0.717, 1.165) is 30.1 Å². The molecule has 21 heavy (non-hydrogen) atoms. The number of hydrogen-bond acceptors (Lipinski definition) is 1. The van der Waals surface area contributed by atoms with Gasteiger partial charge in [-0.25, -0.2) is 0 Å². The largest absolute Gasteiger partial charge is 0.298 e. The first kappa shape index (κ1) is 12.3. The summed E-state index contributed by atoms with van der Waals surface area (Å²) >= 11 is 0. The van der Waals surface area contributed by atoms with E-state index in [9.17, 15) is 4.79 Å². The van der Waals surface area contributed by atoms with E-state index >= 15 is 0 Å². The third-order valence-corrected chi connectivity index (χ3v) is 4.43. The third kappa shape index (κ3) is 1.67. The van der Waals surface area contributed by atoms with Crippen molar-refractivity contribution in [2.24, 2.45) is 0 Å². The Morgan fingerprint density at radius 2 is 1.43 bits per heavy atom. The van der Waals surface area contributed by atoms with Crippen molar-refractivity contribution in [2.75, 3.05) is 0 Å². The molecule has 1 nitrogen and oxygen atoms in total. The summed E-state index contributed by atoms with van der Waals surface area (Å²) in [5.74, 6) is 0. The number of carbonyl (C=O) groups excluding carboxylic acids is 1. The average molecular weight is 272 g/mol. The van der Waals surface area contributed by atoms with Crippen molar-refractivity contribution in [2.45, 2.75) is 19.8 Å². The summed E-state index contributed by atoms with van der Waals surface area (Å²) in [6.45, 7) is 2.21. The molecule has 0 saturated carbocycles. The van der Waals surface area contributed by atoms with Crippen molar-refractivity contribution < 1.29 is 4.79 Å². The highest BCUT2D eigenvalue weighted by molar-refractivity contribution is 6.25. The Bertz CT molecular complexity index is 966. The van der Waals surface area contributed by atoms with Crippen LogP contribution < -0.4 is 0 Å². The number of aryl methyl sites for hydroxylation is 1. The Morgan fingerprint density at radius 3 is 2.14 bits per heavy atom. The van der Waals surface area contributed by atoms with Gasteiger partial charge in [-0.2, -0.15) is 0 Å². The molecule has 1 heteroatoms. The molecule has 0 radical (unpaired) electrons. The molecule has 0 unspecified atom stereocenters. The van der Waals surface area contributed by atoms with Crippen LogP contribution in [0.15, 0.2) is 48.5 Å². The summed E-state index contributed by atoms with van der Waals surface area (Å²) in [7, 11) is 0. The van der Waals surface area contributed by atoms with Crippen LogP contribution in [0.1, 0.15) is 29.3 Å². The average Bonchev–Trinajstić information content (AvgIpc) is 2.54. The smallest absolute Gasteiger partial charge is 0.150 e. The molecule has 4 rings (SSSR count). The first-order valence-electron chi connectivity index (χ1n) is 7.48. The minimum Gasteiger partial charge on any atom is -0.298 e. The Hall–Kier alpha value is -2.41. The van der Waals surface area contributed by atoms with E-state index in [4.69, 9.17) is 0 Å². The van der Waals surface area contributed by atoms with E-state index in [2.05, 4.69) is 49.4 Å². The van der Waals surface area contributed by atoms with Crippen molar-refractivity contribution in [3.8, 4) is 0 Å². The van der Waals surface area contributed by atoms with E-state index in [1.165, 1.54) is 32.5 Å². The lowest BCUT2D eigenvalue weighted by atomic mass is 9.89. The first-order chi connectivity index (χ1) is 10.3. The zero-order valence-corrected chi connectivity index (χ0v) is 12.0. The van der Waals surface area contributed by atoms with Crippen LogP contribution in [0, 0.1) is 0 Å². The van der Waals surface area contributed by atoms with Crippen molar-refractivity contribution in [3.05, 3.63) is 59.7 Å². The molecule has 0 saturated heterocycles. The molecule has 0 fully saturated rings. The van der Waals surface area contributed by atoms with Gasteiger partial charge in [0.25, 0.3) is 0 Å². The molecular weight excluding hydrogens is 256 g/mol. The summed E-state index contributed by atoms with van der Waals surface area (Å²) in [4.78, 5) is 11.3. The van der Waals surface area contributed by atoms with E-state index in [-0.39, 0.29) is 0 Å². The summed E-state index contributed by atoms with van der Waals surface area (Å²) in [5, 5.41) is 7.39. The fourth-order valence-electron chi connectivity index (χ4n) is 3.47. The van der Waals surface area contributed by atoms with Gasteiger partial charge in [0.05, 0.1) is 0 Å². The maximum absolute atomic E-state index is 11.3. The van der Waals surface area contributed by atoms with Crippen LogP contribution in [0.3, 0.4) is 0 Å². The van der Waals surface area contributed by atoms with Gasteiger partial charge in [-0.05, 0) is 44.3 Å². The van der Waals surface area contributed by atoms with Crippen LogP contribution >= 0.6 is 0 Å². The van der Waals surface area contributed by atoms with Crippen molar-refractivity contribution in [3.63, 3.8) is 0 Å². The van der Waals surface area contributed by atoms with Gasteiger partial charge in [-0.1, -0.05) is 61.9 Å². The second-order valence-corrected chi connectivity index (χ2v) is 5.67. The van der Waals surface area contributed by atoms with E-state index in [0.29, 0.717) is 0 Å². The summed E-state index contributed by atoms with van der Waals surface area (Å²) in [6, 6.07) is 17.0. The highest BCUT2D eigenvalue weighted by Crippen LogP contribution is 2.37. The van der Waals surface area contributed by atoms with Crippen molar-refractivity contribution in [1.29, 1.82) is 0 Å². The number of carbonyl (C=O) groups is 1. The number of hydrogen-bond donors (Lipinski definition) is 0. The van der Waals surface area contributed by atoms with Gasteiger partial charge in [0.15, 0.2) is 6.29 Å². The Labute approximate surface area is 123 Å². The zero-order chi connectivity index (χ0) is 14.4. The zero-order valence-electron chi connectivity index (χ0n) is 12.0. The normalized spacial score (nSPS) is 11.7. The summed E-state index contributed by atoms with van der Waals surface area (Å²) < 4.78 is 0. The van der Waals surface area contributed by atoms with Crippen LogP contribution in [0.5, 0.6) is 0 Å². The van der Waals surface area contributed by atoms with Gasteiger partial charge in [0, 0.05) is 5.56 Å². The Balaban J connectivity index is 2.27. The number of benzene rings is 4. The highest BCUT2D eigenvalue weighted by atomic mass is 16.1. The molecular formula is C20H16O. The lowest BCUT2D eigenvalue weighted by Gasteiger charge is -2.14. The van der Waals surface area contributed by atoms with Gasteiger partial charge in [-0.3, -0.25) is 4.79 Å². The maximum Gasteiger partial charge on any atom is 0.150 e. The molecule has 4 aromatic carbocycles. The standard InChI is InChI=1S/C20H16O/c1-2-3-13-4-5-14-9-11-18-16(12-21)7-6-15-8-10-17(13)19(14)20(15)18/h4-12H,2-3H2,1H3. The molecule has 0 N–H and O–H groups in total. The molecule has 0 aliphatic rings. The molecule has 0 amide bonds. The van der Waals surface area contributed by atoms with Gasteiger partial charge < -0.3 is 0 Å². The van der Waals surface area contributed by atoms with E-state index in [1.54, 1.807) is 0 Å². The summed E-state index contributed by atoms with van der Waals surface area (Å²) in [5.41, 5.74) is 2.17. The molecule has 0 aliphatic heterocycles. The van der Waals surface area contributed by atoms with Crippen molar-refractivity contribution >= 4 is 38.6 Å². The van der Waals surface area contributed by atoms with E-state index < -0.39 is 0 Å². The maximum atomic E-state index is 11.3. The third-order valence-electron chi connectivity index (χ3n) is 4.43. The predicted octanol–water partition coefficient (Wildman–Crippen LogP) is 5.35. The Morgan fingerprint density at radius 1 is 0.810 bits per heavy atom. The SMILES string of the molecule is CCCc1ccc2ccc3c(C=O)ccc4ccc1c2c43. The summed E-state index contributed by atoms with van der Waals surface area (Å²) in [6.07, 6.45) is 3.19. The molecule has 0 spiro atoms. The minimum absolute atomic E-state index is 0.776. The second kappa shape index (κ2) is 4.56. The highest BCUT2D eigenvalue weighted by Gasteiger charge is 2.12. The molecule has 4 aromatic rings. The molecule has 0 aliphatic carbocycles. The fourth-order valence-corrected chi connectivity index (χ4v) is 3.47. The van der Waals surface area contributed by atoms with Crippen LogP contribution in [-0.2, 0) is 6.42 Å². The Kier molecular flexibility index (Phi) is 2.68. The number of aldehydes is 1. The van der Waals surface area contributed by atoms with Gasteiger partial charge in [0.1, 0.15) is 0 Å². The molecule has 102 valence electrons. The van der Waals surface area contributed by atoms with Crippen LogP contribution in [-0.4, -0.2) is 6.29 Å². The lowest BCUT2D eigenvalue weighted by Crippen LogP contribution is -1.91. The quantitative estimate of drug-likeness (QED) is 0.363. The van der Waals surface area contributed by atoms with Crippen molar-refractivity contribution in [1.82, 2.24) is 0 Å². The molecule has 0 heterocycles. The van der Waals surface area contributed by atoms with Crippen LogP contribution in [0.4, 0.5) is 0 Å². The lowest BCUT2D eigenvalue weighted by molar-refractivity contribution is 0.112. The monoisotopic (exact) mass is 272 g/mol. The molecule has 0 bridgehead atoms.